The second kappa shape index (κ2) is 4.32. The van der Waals surface area contributed by atoms with Gasteiger partial charge in [-0.25, -0.2) is 0 Å². The van der Waals surface area contributed by atoms with Crippen LogP contribution < -0.4 is 5.73 Å². The van der Waals surface area contributed by atoms with E-state index in [4.69, 9.17) is 15.6 Å². The zero-order chi connectivity index (χ0) is 11.8. The molecule has 0 amide bonds. The molecule has 6 nitrogen and oxygen atoms in total. The summed E-state index contributed by atoms with van der Waals surface area (Å²) in [5.74, 6) is -0.735. The molecule has 1 fully saturated rings. The van der Waals surface area contributed by atoms with Gasteiger partial charge >= 0.3 is 0 Å². The average Bonchev–Trinajstić information content (AvgIpc) is 2.11. The number of rotatable bonds is 2. The van der Waals surface area contributed by atoms with Crippen molar-refractivity contribution < 1.29 is 25.2 Å². The second-order valence-electron chi connectivity index (χ2n) is 4.50. The summed E-state index contributed by atoms with van der Waals surface area (Å²) >= 11 is 0. The maximum atomic E-state index is 9.83. The highest BCUT2D eigenvalue weighted by atomic mass is 16.6. The quantitative estimate of drug-likeness (QED) is 0.360. The third-order valence-electron chi connectivity index (χ3n) is 2.80. The molecule has 1 rings (SSSR count). The summed E-state index contributed by atoms with van der Waals surface area (Å²) < 4.78 is 5.02. The van der Waals surface area contributed by atoms with E-state index < -0.39 is 42.7 Å². The Kier molecular flexibility index (Phi) is 3.70. The van der Waals surface area contributed by atoms with Gasteiger partial charge in [0.2, 0.25) is 0 Å². The van der Waals surface area contributed by atoms with Crippen molar-refractivity contribution in [1.29, 1.82) is 0 Å². The highest BCUT2D eigenvalue weighted by Gasteiger charge is 2.48. The molecule has 0 saturated carbocycles. The highest BCUT2D eigenvalue weighted by molar-refractivity contribution is 4.97. The van der Waals surface area contributed by atoms with Gasteiger partial charge in [0, 0.05) is 5.92 Å². The fraction of sp³-hybridized carbons (Fsp3) is 1.00. The molecule has 90 valence electrons. The van der Waals surface area contributed by atoms with Crippen LogP contribution in [0, 0.1) is 5.92 Å². The molecule has 0 spiro atoms. The minimum Gasteiger partial charge on any atom is -0.394 e. The van der Waals surface area contributed by atoms with Crippen LogP contribution in [0.2, 0.25) is 0 Å². The average molecular weight is 221 g/mol. The first kappa shape index (κ1) is 12.8. The van der Waals surface area contributed by atoms with Crippen LogP contribution in [-0.2, 0) is 4.74 Å². The molecule has 1 aliphatic heterocycles. The van der Waals surface area contributed by atoms with Gasteiger partial charge in [-0.2, -0.15) is 0 Å². The van der Waals surface area contributed by atoms with E-state index in [-0.39, 0.29) is 0 Å². The molecule has 0 bridgehead atoms. The predicted molar refractivity (Wildman–Crippen MR) is 51.7 cm³/mol. The summed E-state index contributed by atoms with van der Waals surface area (Å²) in [6.45, 7) is 2.60. The molecule has 5 atom stereocenters. The Morgan fingerprint density at radius 3 is 2.27 bits per heavy atom. The fourth-order valence-corrected chi connectivity index (χ4v) is 2.01. The third-order valence-corrected chi connectivity index (χ3v) is 2.80. The van der Waals surface area contributed by atoms with Gasteiger partial charge in [-0.1, -0.05) is 0 Å². The zero-order valence-corrected chi connectivity index (χ0v) is 8.87. The van der Waals surface area contributed by atoms with Crippen LogP contribution in [-0.4, -0.2) is 57.2 Å². The molecule has 1 aliphatic rings. The first-order chi connectivity index (χ1) is 6.79. The molecular formula is C9H19NO5. The van der Waals surface area contributed by atoms with Gasteiger partial charge in [0.15, 0.2) is 6.29 Å². The molecule has 1 saturated heterocycles. The zero-order valence-electron chi connectivity index (χ0n) is 8.87. The van der Waals surface area contributed by atoms with Crippen LogP contribution >= 0.6 is 0 Å². The molecule has 15 heavy (non-hydrogen) atoms. The monoisotopic (exact) mass is 221 g/mol. The molecule has 5 unspecified atom stereocenters. The number of aliphatic hydroxyl groups excluding tert-OH is 3. The SMILES string of the molecule is CC(C)(O)C1C(CO)OC(O)C(N)C1O. The van der Waals surface area contributed by atoms with Gasteiger partial charge in [-0.05, 0) is 13.8 Å². The number of hydrogen-bond donors (Lipinski definition) is 5. The van der Waals surface area contributed by atoms with E-state index in [9.17, 15) is 15.3 Å². The molecule has 0 radical (unpaired) electrons. The summed E-state index contributed by atoms with van der Waals surface area (Å²) in [6, 6.07) is -0.982. The summed E-state index contributed by atoms with van der Waals surface area (Å²) in [5, 5.41) is 38.0. The number of ether oxygens (including phenoxy) is 1. The molecular weight excluding hydrogens is 202 g/mol. The summed E-state index contributed by atoms with van der Waals surface area (Å²) in [7, 11) is 0. The Hall–Kier alpha value is -0.240. The highest BCUT2D eigenvalue weighted by Crippen LogP contribution is 2.32. The fourth-order valence-electron chi connectivity index (χ4n) is 2.01. The van der Waals surface area contributed by atoms with Gasteiger partial charge in [0.25, 0.3) is 0 Å². The summed E-state index contributed by atoms with van der Waals surface area (Å²) in [4.78, 5) is 0. The molecule has 6 N–H and O–H groups in total. The maximum Gasteiger partial charge on any atom is 0.172 e. The second-order valence-corrected chi connectivity index (χ2v) is 4.50. The van der Waals surface area contributed by atoms with E-state index in [1.54, 1.807) is 0 Å². The van der Waals surface area contributed by atoms with Crippen molar-refractivity contribution >= 4 is 0 Å². The Bertz CT molecular complexity index is 215. The smallest absolute Gasteiger partial charge is 0.172 e. The van der Waals surface area contributed by atoms with E-state index in [0.717, 1.165) is 0 Å². The Morgan fingerprint density at radius 2 is 1.87 bits per heavy atom. The Balaban J connectivity index is 2.90. The number of aliphatic hydroxyl groups is 4. The summed E-state index contributed by atoms with van der Waals surface area (Å²) in [5.41, 5.74) is 4.26. The van der Waals surface area contributed by atoms with Crippen LogP contribution in [0.4, 0.5) is 0 Å². The van der Waals surface area contributed by atoms with Gasteiger partial charge in [-0.3, -0.25) is 0 Å². The topological polar surface area (TPSA) is 116 Å². The van der Waals surface area contributed by atoms with Gasteiger partial charge in [-0.15, -0.1) is 0 Å². The lowest BCUT2D eigenvalue weighted by atomic mass is 9.77. The van der Waals surface area contributed by atoms with Gasteiger partial charge in [0.1, 0.15) is 0 Å². The minimum absolute atomic E-state index is 0.393. The van der Waals surface area contributed by atoms with Crippen molar-refractivity contribution in [3.63, 3.8) is 0 Å². The van der Waals surface area contributed by atoms with E-state index in [1.807, 2.05) is 0 Å². The van der Waals surface area contributed by atoms with E-state index in [0.29, 0.717) is 0 Å². The Labute approximate surface area is 88.3 Å². The van der Waals surface area contributed by atoms with Gasteiger partial charge in [0.05, 0.1) is 30.5 Å². The molecule has 0 aromatic carbocycles. The van der Waals surface area contributed by atoms with Crippen molar-refractivity contribution in [1.82, 2.24) is 0 Å². The van der Waals surface area contributed by atoms with E-state index in [2.05, 4.69) is 0 Å². The lowest BCUT2D eigenvalue weighted by Gasteiger charge is -2.45. The van der Waals surface area contributed by atoms with E-state index in [1.165, 1.54) is 13.8 Å². The molecule has 0 aromatic rings. The predicted octanol–water partition coefficient (Wildman–Crippen LogP) is -2.23. The van der Waals surface area contributed by atoms with Crippen LogP contribution in [0.25, 0.3) is 0 Å². The Morgan fingerprint density at radius 1 is 1.33 bits per heavy atom. The maximum absolute atomic E-state index is 9.83. The van der Waals surface area contributed by atoms with Crippen molar-refractivity contribution in [3.8, 4) is 0 Å². The van der Waals surface area contributed by atoms with Gasteiger partial charge < -0.3 is 30.9 Å². The lowest BCUT2D eigenvalue weighted by molar-refractivity contribution is -0.258. The van der Waals surface area contributed by atoms with Crippen molar-refractivity contribution in [2.75, 3.05) is 6.61 Å². The lowest BCUT2D eigenvalue weighted by Crippen LogP contribution is -2.64. The van der Waals surface area contributed by atoms with E-state index >= 15 is 0 Å². The van der Waals surface area contributed by atoms with Crippen molar-refractivity contribution in [3.05, 3.63) is 0 Å². The standard InChI is InChI=1S/C9H19NO5/c1-9(2,14)5-4(3-11)15-8(13)6(10)7(5)12/h4-8,11-14H,3,10H2,1-2H3. The summed E-state index contributed by atoms with van der Waals surface area (Å²) in [6.07, 6.45) is -3.27. The number of nitrogens with two attached hydrogens (primary N) is 1. The minimum atomic E-state index is -1.32. The first-order valence-electron chi connectivity index (χ1n) is 4.89. The molecule has 0 aliphatic carbocycles. The van der Waals surface area contributed by atoms with Crippen LogP contribution in [0.1, 0.15) is 13.8 Å². The normalized spacial score (nSPS) is 43.0. The first-order valence-corrected chi connectivity index (χ1v) is 4.89. The van der Waals surface area contributed by atoms with Crippen molar-refractivity contribution in [2.24, 2.45) is 11.7 Å². The van der Waals surface area contributed by atoms with Crippen LogP contribution in [0.3, 0.4) is 0 Å². The molecule has 6 heteroatoms. The molecule has 0 aromatic heterocycles. The van der Waals surface area contributed by atoms with Crippen molar-refractivity contribution in [2.45, 2.75) is 44.0 Å². The largest absolute Gasteiger partial charge is 0.394 e. The number of hydrogen-bond acceptors (Lipinski definition) is 6. The van der Waals surface area contributed by atoms with Crippen LogP contribution in [0.15, 0.2) is 0 Å². The van der Waals surface area contributed by atoms with Crippen LogP contribution in [0.5, 0.6) is 0 Å². The molecule has 1 heterocycles. The third kappa shape index (κ3) is 2.47.